The molecule has 2 heteroatoms. The molecule has 0 aliphatic carbocycles. The van der Waals surface area contributed by atoms with Crippen molar-refractivity contribution in [1.82, 2.24) is 4.90 Å². The van der Waals surface area contributed by atoms with Gasteiger partial charge in [0, 0.05) is 23.6 Å². The minimum Gasteiger partial charge on any atom is -0.369 e. The first-order valence-electron chi connectivity index (χ1n) is 8.64. The third kappa shape index (κ3) is 3.53. The molecule has 3 rings (SSSR count). The van der Waals surface area contributed by atoms with Crippen LogP contribution in [0.4, 0.5) is 0 Å². The molecule has 0 amide bonds. The van der Waals surface area contributed by atoms with Crippen molar-refractivity contribution in [3.8, 4) is 11.8 Å². The van der Waals surface area contributed by atoms with Crippen LogP contribution in [0.2, 0.25) is 0 Å². The molecule has 1 fully saturated rings. The third-order valence-electron chi connectivity index (χ3n) is 4.98. The van der Waals surface area contributed by atoms with E-state index >= 15 is 0 Å². The summed E-state index contributed by atoms with van der Waals surface area (Å²) in [5.74, 6) is 7.48. The summed E-state index contributed by atoms with van der Waals surface area (Å²) in [6.07, 6.45) is 1.16. The van der Waals surface area contributed by atoms with Gasteiger partial charge in [-0.1, -0.05) is 79.4 Å². The molecule has 124 valence electrons. The summed E-state index contributed by atoms with van der Waals surface area (Å²) in [7, 11) is 2.14. The summed E-state index contributed by atoms with van der Waals surface area (Å²) in [6.45, 7) is 4.35. The standard InChI is InChI=1S/C22H25NO/c1-18-14-16-23(2)17-19(18)13-15-22(24,20-9-5-3-6-10-20)21-11-7-4-8-12-21/h3-12,18-19,24H,14,16-17H2,1-2H3/t18-,19+/m1/s1. The quantitative estimate of drug-likeness (QED) is 0.856. The van der Waals surface area contributed by atoms with E-state index in [2.05, 4.69) is 30.7 Å². The second kappa shape index (κ2) is 7.21. The highest BCUT2D eigenvalue weighted by atomic mass is 16.3. The van der Waals surface area contributed by atoms with Crippen molar-refractivity contribution in [3.63, 3.8) is 0 Å². The molecular formula is C22H25NO. The van der Waals surface area contributed by atoms with Crippen LogP contribution < -0.4 is 0 Å². The molecule has 1 N–H and O–H groups in total. The van der Waals surface area contributed by atoms with Gasteiger partial charge < -0.3 is 10.0 Å². The molecule has 0 saturated carbocycles. The van der Waals surface area contributed by atoms with E-state index < -0.39 is 5.60 Å². The highest BCUT2D eigenvalue weighted by Gasteiger charge is 2.30. The average Bonchev–Trinajstić information content (AvgIpc) is 2.63. The summed E-state index contributed by atoms with van der Waals surface area (Å²) >= 11 is 0. The zero-order chi connectivity index (χ0) is 17.0. The summed E-state index contributed by atoms with van der Waals surface area (Å²) in [5, 5.41) is 11.4. The van der Waals surface area contributed by atoms with Gasteiger partial charge in [0.25, 0.3) is 0 Å². The maximum Gasteiger partial charge on any atom is 0.176 e. The third-order valence-corrected chi connectivity index (χ3v) is 4.98. The van der Waals surface area contributed by atoms with Gasteiger partial charge in [0.1, 0.15) is 0 Å². The lowest BCUT2D eigenvalue weighted by Gasteiger charge is -2.32. The molecule has 0 spiro atoms. The molecular weight excluding hydrogens is 294 g/mol. The van der Waals surface area contributed by atoms with E-state index in [1.54, 1.807) is 0 Å². The highest BCUT2D eigenvalue weighted by molar-refractivity contribution is 5.44. The van der Waals surface area contributed by atoms with Gasteiger partial charge >= 0.3 is 0 Å². The van der Waals surface area contributed by atoms with Crippen molar-refractivity contribution < 1.29 is 5.11 Å². The van der Waals surface area contributed by atoms with Crippen molar-refractivity contribution in [3.05, 3.63) is 71.8 Å². The Hall–Kier alpha value is -2.08. The van der Waals surface area contributed by atoms with E-state index in [4.69, 9.17) is 0 Å². The van der Waals surface area contributed by atoms with E-state index in [1.165, 1.54) is 0 Å². The van der Waals surface area contributed by atoms with Crippen LogP contribution in [-0.4, -0.2) is 30.1 Å². The van der Waals surface area contributed by atoms with Crippen LogP contribution in [0.3, 0.4) is 0 Å². The van der Waals surface area contributed by atoms with E-state index in [-0.39, 0.29) is 0 Å². The molecule has 1 saturated heterocycles. The molecule has 0 unspecified atom stereocenters. The van der Waals surface area contributed by atoms with E-state index in [9.17, 15) is 5.11 Å². The molecule has 24 heavy (non-hydrogen) atoms. The number of rotatable bonds is 2. The molecule has 1 heterocycles. The highest BCUT2D eigenvalue weighted by Crippen LogP contribution is 2.30. The zero-order valence-electron chi connectivity index (χ0n) is 14.4. The van der Waals surface area contributed by atoms with Crippen molar-refractivity contribution in [2.24, 2.45) is 11.8 Å². The first-order valence-corrected chi connectivity index (χ1v) is 8.64. The predicted molar refractivity (Wildman–Crippen MR) is 98.4 cm³/mol. The van der Waals surface area contributed by atoms with Gasteiger partial charge in [0.05, 0.1) is 0 Å². The molecule has 2 aromatic rings. The van der Waals surface area contributed by atoms with Gasteiger partial charge in [-0.25, -0.2) is 0 Å². The summed E-state index contributed by atoms with van der Waals surface area (Å²) in [5.41, 5.74) is 0.374. The van der Waals surface area contributed by atoms with Crippen LogP contribution >= 0.6 is 0 Å². The Kier molecular flexibility index (Phi) is 5.04. The lowest BCUT2D eigenvalue weighted by molar-refractivity contribution is 0.143. The number of hydrogen-bond acceptors (Lipinski definition) is 2. The molecule has 1 aliphatic rings. The molecule has 0 bridgehead atoms. The van der Waals surface area contributed by atoms with Crippen LogP contribution in [0.15, 0.2) is 60.7 Å². The van der Waals surface area contributed by atoms with Crippen molar-refractivity contribution in [2.75, 3.05) is 20.1 Å². The summed E-state index contributed by atoms with van der Waals surface area (Å²) < 4.78 is 0. The fourth-order valence-electron chi connectivity index (χ4n) is 3.29. The Labute approximate surface area is 145 Å². The van der Waals surface area contributed by atoms with Gasteiger partial charge in [-0.05, 0) is 25.9 Å². The second-order valence-corrected chi connectivity index (χ2v) is 6.85. The number of likely N-dealkylation sites (tertiary alicyclic amines) is 1. The smallest absolute Gasteiger partial charge is 0.176 e. The van der Waals surface area contributed by atoms with Gasteiger partial charge in [-0.3, -0.25) is 0 Å². The van der Waals surface area contributed by atoms with Gasteiger partial charge in [0.2, 0.25) is 0 Å². The Bertz CT molecular complexity index is 674. The van der Waals surface area contributed by atoms with Gasteiger partial charge in [0.15, 0.2) is 5.60 Å². The lowest BCUT2D eigenvalue weighted by atomic mass is 9.84. The molecule has 2 nitrogen and oxygen atoms in total. The maximum absolute atomic E-state index is 11.4. The molecule has 0 aromatic heterocycles. The molecule has 0 radical (unpaired) electrons. The largest absolute Gasteiger partial charge is 0.369 e. The SMILES string of the molecule is C[C@@H]1CCN(C)C[C@@H]1C#CC(O)(c1ccccc1)c1ccccc1. The van der Waals surface area contributed by atoms with Crippen LogP contribution in [0, 0.1) is 23.7 Å². The van der Waals surface area contributed by atoms with Crippen molar-refractivity contribution in [2.45, 2.75) is 18.9 Å². The minimum absolute atomic E-state index is 0.294. The summed E-state index contributed by atoms with van der Waals surface area (Å²) in [4.78, 5) is 2.32. The first kappa shape index (κ1) is 16.8. The first-order chi connectivity index (χ1) is 11.6. The lowest BCUT2D eigenvalue weighted by Crippen LogP contribution is -2.36. The van der Waals surface area contributed by atoms with Gasteiger partial charge in [-0.2, -0.15) is 0 Å². The fourth-order valence-corrected chi connectivity index (χ4v) is 3.29. The Morgan fingerprint density at radius 3 is 2.08 bits per heavy atom. The average molecular weight is 319 g/mol. The topological polar surface area (TPSA) is 23.5 Å². The summed E-state index contributed by atoms with van der Waals surface area (Å²) in [6, 6.07) is 19.5. The number of benzene rings is 2. The van der Waals surface area contributed by atoms with E-state index in [1.807, 2.05) is 60.7 Å². The van der Waals surface area contributed by atoms with Crippen molar-refractivity contribution in [1.29, 1.82) is 0 Å². The monoisotopic (exact) mass is 319 g/mol. The second-order valence-electron chi connectivity index (χ2n) is 6.85. The Morgan fingerprint density at radius 2 is 1.54 bits per heavy atom. The molecule has 2 aromatic carbocycles. The van der Waals surface area contributed by atoms with Crippen molar-refractivity contribution >= 4 is 0 Å². The zero-order valence-corrected chi connectivity index (χ0v) is 14.4. The minimum atomic E-state index is -1.27. The number of aliphatic hydroxyl groups is 1. The number of piperidine rings is 1. The number of nitrogens with zero attached hydrogens (tertiary/aromatic N) is 1. The van der Waals surface area contributed by atoms with Gasteiger partial charge in [-0.15, -0.1) is 0 Å². The Morgan fingerprint density at radius 1 is 1.00 bits per heavy atom. The normalized spacial score (nSPS) is 21.8. The van der Waals surface area contributed by atoms with Crippen LogP contribution in [0.5, 0.6) is 0 Å². The van der Waals surface area contributed by atoms with Crippen LogP contribution in [0.1, 0.15) is 24.5 Å². The predicted octanol–water partition coefficient (Wildman–Crippen LogP) is 3.51. The van der Waals surface area contributed by atoms with E-state index in [0.717, 1.165) is 30.6 Å². The van der Waals surface area contributed by atoms with E-state index in [0.29, 0.717) is 11.8 Å². The fraction of sp³-hybridized carbons (Fsp3) is 0.364. The maximum atomic E-state index is 11.4. The Balaban J connectivity index is 1.99. The molecule has 2 atom stereocenters. The van der Waals surface area contributed by atoms with Crippen LogP contribution in [0.25, 0.3) is 0 Å². The molecule has 1 aliphatic heterocycles. The number of hydrogen-bond donors (Lipinski definition) is 1. The van der Waals surface area contributed by atoms with Crippen LogP contribution in [-0.2, 0) is 5.60 Å².